The van der Waals surface area contributed by atoms with Crippen molar-refractivity contribution in [2.45, 2.75) is 25.3 Å². The molecule has 1 aliphatic rings. The minimum absolute atomic E-state index is 0.00162. The van der Waals surface area contributed by atoms with Gasteiger partial charge >= 0.3 is 0 Å². The average Bonchev–Trinajstić information content (AvgIpc) is 2.82. The second kappa shape index (κ2) is 3.55. The van der Waals surface area contributed by atoms with Crippen LogP contribution in [-0.2, 0) is 4.79 Å². The van der Waals surface area contributed by atoms with E-state index < -0.39 is 0 Å². The fraction of sp³-hybridized carbons (Fsp3) is 0.400. The molecule has 1 atom stereocenters. The molecule has 1 aromatic rings. The number of nitriles is 2. The molecule has 1 heterocycles. The quantitative estimate of drug-likeness (QED) is 0.674. The van der Waals surface area contributed by atoms with Gasteiger partial charge in [-0.1, -0.05) is 0 Å². The van der Waals surface area contributed by atoms with Crippen molar-refractivity contribution in [2.75, 3.05) is 0 Å². The van der Waals surface area contributed by atoms with E-state index >= 15 is 0 Å². The van der Waals surface area contributed by atoms with Gasteiger partial charge in [0, 0.05) is 18.9 Å². The van der Waals surface area contributed by atoms with Crippen molar-refractivity contribution in [1.82, 2.24) is 9.55 Å². The van der Waals surface area contributed by atoms with E-state index in [0.29, 0.717) is 12.8 Å². The van der Waals surface area contributed by atoms with E-state index in [1.807, 2.05) is 12.1 Å². The molecule has 0 saturated heterocycles. The zero-order valence-corrected chi connectivity index (χ0v) is 7.97. The second-order valence-electron chi connectivity index (χ2n) is 3.51. The molecule has 0 aromatic carbocycles. The number of carbonyl (C=O) groups excluding carboxylic acids is 1. The van der Waals surface area contributed by atoms with Gasteiger partial charge in [0.25, 0.3) is 0 Å². The van der Waals surface area contributed by atoms with Crippen LogP contribution in [0, 0.1) is 22.7 Å². The smallest absolute Gasteiger partial charge is 0.176 e. The van der Waals surface area contributed by atoms with Gasteiger partial charge in [-0.05, 0) is 6.42 Å². The normalized spacial score (nSPS) is 19.9. The van der Waals surface area contributed by atoms with Crippen molar-refractivity contribution in [3.05, 3.63) is 17.7 Å². The monoisotopic (exact) mass is 200 g/mol. The van der Waals surface area contributed by atoms with Gasteiger partial charge in [0.15, 0.2) is 11.4 Å². The predicted molar refractivity (Wildman–Crippen MR) is 49.6 cm³/mol. The summed E-state index contributed by atoms with van der Waals surface area (Å²) in [7, 11) is 0. The topological polar surface area (TPSA) is 82.5 Å². The summed E-state index contributed by atoms with van der Waals surface area (Å²) in [6.07, 6.45) is 3.20. The van der Waals surface area contributed by atoms with Gasteiger partial charge in [0.1, 0.15) is 17.9 Å². The van der Waals surface area contributed by atoms with Crippen molar-refractivity contribution in [2.24, 2.45) is 0 Å². The summed E-state index contributed by atoms with van der Waals surface area (Å²) >= 11 is 0. The first kappa shape index (κ1) is 9.42. The van der Waals surface area contributed by atoms with E-state index in [4.69, 9.17) is 10.5 Å². The van der Waals surface area contributed by atoms with Crippen molar-refractivity contribution < 1.29 is 4.79 Å². The molecule has 1 aliphatic carbocycles. The van der Waals surface area contributed by atoms with Crippen LogP contribution in [0.15, 0.2) is 6.33 Å². The lowest BCUT2D eigenvalue weighted by atomic mass is 10.2. The third kappa shape index (κ3) is 1.49. The molecule has 0 N–H and O–H groups in total. The van der Waals surface area contributed by atoms with E-state index in [-0.39, 0.29) is 23.2 Å². The average molecular weight is 200 g/mol. The summed E-state index contributed by atoms with van der Waals surface area (Å²) in [6.45, 7) is 0. The SMILES string of the molecule is N#Cc1ncn(C2CCC(=O)C2)c1C#N. The van der Waals surface area contributed by atoms with Crippen LogP contribution in [0.5, 0.6) is 0 Å². The third-order valence-electron chi connectivity index (χ3n) is 2.62. The fourth-order valence-corrected chi connectivity index (χ4v) is 1.86. The van der Waals surface area contributed by atoms with Gasteiger partial charge in [-0.2, -0.15) is 10.5 Å². The Morgan fingerprint density at radius 1 is 1.47 bits per heavy atom. The first-order valence-corrected chi connectivity index (χ1v) is 4.65. The van der Waals surface area contributed by atoms with Crippen molar-refractivity contribution >= 4 is 5.78 Å². The molecule has 0 aliphatic heterocycles. The summed E-state index contributed by atoms with van der Waals surface area (Å²) in [4.78, 5) is 15.0. The molecular weight excluding hydrogens is 192 g/mol. The van der Waals surface area contributed by atoms with E-state index in [9.17, 15) is 4.79 Å². The van der Waals surface area contributed by atoms with Crippen LogP contribution in [0.4, 0.5) is 0 Å². The number of hydrogen-bond acceptors (Lipinski definition) is 4. The highest BCUT2D eigenvalue weighted by Crippen LogP contribution is 2.28. The summed E-state index contributed by atoms with van der Waals surface area (Å²) in [6, 6.07) is 3.82. The standard InChI is InChI=1S/C10H8N4O/c11-4-9-10(5-12)14(6-13-9)7-1-2-8(15)3-7/h6-7H,1-3H2. The Kier molecular flexibility index (Phi) is 2.23. The molecule has 0 radical (unpaired) electrons. The molecule has 1 fully saturated rings. The van der Waals surface area contributed by atoms with Crippen LogP contribution >= 0.6 is 0 Å². The Morgan fingerprint density at radius 3 is 2.80 bits per heavy atom. The highest BCUT2D eigenvalue weighted by molar-refractivity contribution is 5.81. The van der Waals surface area contributed by atoms with Crippen molar-refractivity contribution in [3.8, 4) is 12.1 Å². The second-order valence-corrected chi connectivity index (χ2v) is 3.51. The van der Waals surface area contributed by atoms with E-state index in [1.54, 1.807) is 4.57 Å². The highest BCUT2D eigenvalue weighted by Gasteiger charge is 2.26. The number of aromatic nitrogens is 2. The molecule has 1 aromatic heterocycles. The predicted octanol–water partition coefficient (Wildman–Crippen LogP) is 0.921. The molecule has 5 heteroatoms. The molecule has 0 spiro atoms. The molecule has 2 rings (SSSR count). The van der Waals surface area contributed by atoms with Crippen LogP contribution < -0.4 is 0 Å². The van der Waals surface area contributed by atoms with Gasteiger partial charge in [-0.3, -0.25) is 4.79 Å². The highest BCUT2D eigenvalue weighted by atomic mass is 16.1. The van der Waals surface area contributed by atoms with Crippen LogP contribution in [0.2, 0.25) is 0 Å². The van der Waals surface area contributed by atoms with Gasteiger partial charge in [0.05, 0.1) is 6.33 Å². The van der Waals surface area contributed by atoms with E-state index in [0.717, 1.165) is 6.42 Å². The molecule has 15 heavy (non-hydrogen) atoms. The van der Waals surface area contributed by atoms with Crippen LogP contribution in [0.3, 0.4) is 0 Å². The zero-order valence-electron chi connectivity index (χ0n) is 7.97. The van der Waals surface area contributed by atoms with Gasteiger partial charge < -0.3 is 4.57 Å². The Hall–Kier alpha value is -2.14. The summed E-state index contributed by atoms with van der Waals surface area (Å²) < 4.78 is 1.64. The Bertz CT molecular complexity index is 489. The third-order valence-corrected chi connectivity index (χ3v) is 2.62. The van der Waals surface area contributed by atoms with Gasteiger partial charge in [0.2, 0.25) is 0 Å². The lowest BCUT2D eigenvalue weighted by Crippen LogP contribution is -2.06. The molecule has 0 bridgehead atoms. The van der Waals surface area contributed by atoms with E-state index in [2.05, 4.69) is 4.98 Å². The van der Waals surface area contributed by atoms with Gasteiger partial charge in [-0.15, -0.1) is 0 Å². The molecule has 74 valence electrons. The van der Waals surface area contributed by atoms with Crippen molar-refractivity contribution in [3.63, 3.8) is 0 Å². The number of carbonyl (C=O) groups is 1. The number of hydrogen-bond donors (Lipinski definition) is 0. The van der Waals surface area contributed by atoms with Crippen molar-refractivity contribution in [1.29, 1.82) is 10.5 Å². The lowest BCUT2D eigenvalue weighted by molar-refractivity contribution is -0.117. The number of imidazole rings is 1. The maximum absolute atomic E-state index is 11.1. The first-order valence-electron chi connectivity index (χ1n) is 4.65. The molecule has 1 unspecified atom stereocenters. The lowest BCUT2D eigenvalue weighted by Gasteiger charge is -2.10. The van der Waals surface area contributed by atoms with Crippen LogP contribution in [0.1, 0.15) is 36.7 Å². The molecular formula is C10H8N4O. The van der Waals surface area contributed by atoms with Crippen LogP contribution in [-0.4, -0.2) is 15.3 Å². The summed E-state index contributed by atoms with van der Waals surface area (Å²) in [5.74, 6) is 0.205. The Labute approximate surface area is 86.6 Å². The number of Topliss-reactive ketones (excluding diaryl/α,β-unsaturated/α-hetero) is 1. The van der Waals surface area contributed by atoms with Gasteiger partial charge in [-0.25, -0.2) is 4.98 Å². The Balaban J connectivity index is 2.38. The summed E-state index contributed by atoms with van der Waals surface area (Å²) in [5, 5.41) is 17.6. The number of nitrogens with zero attached hydrogens (tertiary/aromatic N) is 4. The maximum Gasteiger partial charge on any atom is 0.176 e. The van der Waals surface area contributed by atoms with Crippen LogP contribution in [0.25, 0.3) is 0 Å². The van der Waals surface area contributed by atoms with E-state index in [1.165, 1.54) is 6.33 Å². The minimum Gasteiger partial charge on any atom is -0.318 e. The number of ketones is 1. The summed E-state index contributed by atoms with van der Waals surface area (Å²) in [5.41, 5.74) is 0.397. The largest absolute Gasteiger partial charge is 0.318 e. The first-order chi connectivity index (χ1) is 7.26. The molecule has 5 nitrogen and oxygen atoms in total. The Morgan fingerprint density at radius 2 is 2.27 bits per heavy atom. The molecule has 0 amide bonds. The number of rotatable bonds is 1. The maximum atomic E-state index is 11.1. The molecule has 1 saturated carbocycles. The fourth-order valence-electron chi connectivity index (χ4n) is 1.86. The zero-order chi connectivity index (χ0) is 10.8. The minimum atomic E-state index is 0.00162.